The number of nitrogens with two attached hydrogens (primary N) is 1. The molecule has 3 aliphatic rings. The second-order valence-corrected chi connectivity index (χ2v) is 13.2. The number of nitrogen functional groups attached to an aromatic ring is 1. The van der Waals surface area contributed by atoms with E-state index in [1.807, 2.05) is 0 Å². The molecular formula is C21H25N9O14P2. The molecule has 3 saturated heterocycles. The van der Waals surface area contributed by atoms with E-state index in [-0.39, 0.29) is 34.7 Å². The number of anilines is 1. The predicted molar refractivity (Wildman–Crippen MR) is 146 cm³/mol. The molecule has 10 atom stereocenters. The monoisotopic (exact) mass is 689 g/mol. The molecule has 25 heteroatoms. The second kappa shape index (κ2) is 11.4. The fourth-order valence-corrected chi connectivity index (χ4v) is 7.45. The molecule has 3 fully saturated rings. The zero-order chi connectivity index (χ0) is 32.5. The predicted octanol–water partition coefficient (Wildman–Crippen LogP) is -2.24. The Morgan fingerprint density at radius 3 is 2.13 bits per heavy atom. The molecule has 0 radical (unpaired) electrons. The fraction of sp³-hybridized carbons (Fsp3) is 0.524. The van der Waals surface area contributed by atoms with E-state index < -0.39 is 89.1 Å². The van der Waals surface area contributed by atoms with Gasteiger partial charge in [-0.05, 0) is 0 Å². The molecule has 248 valence electrons. The van der Waals surface area contributed by atoms with Crippen LogP contribution in [-0.4, -0.2) is 109 Å². The van der Waals surface area contributed by atoms with E-state index in [9.17, 15) is 38.7 Å². The molecule has 0 aromatic carbocycles. The van der Waals surface area contributed by atoms with Gasteiger partial charge in [0.1, 0.15) is 30.5 Å². The van der Waals surface area contributed by atoms with Crippen molar-refractivity contribution in [2.75, 3.05) is 18.9 Å². The summed E-state index contributed by atoms with van der Waals surface area (Å²) < 4.78 is 60.9. The Morgan fingerprint density at radius 1 is 0.848 bits per heavy atom. The van der Waals surface area contributed by atoms with Gasteiger partial charge in [0.05, 0.1) is 38.3 Å². The van der Waals surface area contributed by atoms with Gasteiger partial charge in [-0.1, -0.05) is 0 Å². The minimum Gasteiger partial charge on any atom is -0.386 e. The zero-order valence-electron chi connectivity index (χ0n) is 23.0. The molecule has 4 aromatic rings. The van der Waals surface area contributed by atoms with Crippen molar-refractivity contribution >= 4 is 43.9 Å². The highest BCUT2D eigenvalue weighted by Gasteiger charge is 2.53. The summed E-state index contributed by atoms with van der Waals surface area (Å²) in [6, 6.07) is 0. The molecule has 7 rings (SSSR count). The van der Waals surface area contributed by atoms with Crippen molar-refractivity contribution in [1.29, 1.82) is 0 Å². The van der Waals surface area contributed by atoms with Gasteiger partial charge in [-0.25, -0.2) is 24.1 Å². The van der Waals surface area contributed by atoms with Crippen LogP contribution in [0.25, 0.3) is 22.3 Å². The van der Waals surface area contributed by atoms with Crippen LogP contribution in [-0.2, 0) is 36.7 Å². The molecule has 0 saturated carbocycles. The van der Waals surface area contributed by atoms with E-state index in [1.165, 1.54) is 10.9 Å². The quantitative estimate of drug-likeness (QED) is 0.109. The number of nitrogens with one attached hydrogen (secondary N) is 2. The van der Waals surface area contributed by atoms with Crippen LogP contribution in [0.1, 0.15) is 18.9 Å². The smallest absolute Gasteiger partial charge is 0.386 e. The Morgan fingerprint density at radius 2 is 1.43 bits per heavy atom. The van der Waals surface area contributed by atoms with E-state index in [2.05, 4.69) is 29.9 Å². The number of aromatic nitrogens is 8. The number of nitrogens with zero attached hydrogens (tertiary/aromatic N) is 6. The van der Waals surface area contributed by atoms with Crippen LogP contribution in [0, 0.1) is 0 Å². The summed E-state index contributed by atoms with van der Waals surface area (Å²) in [4.78, 5) is 66.1. The molecular weight excluding hydrogens is 664 g/mol. The lowest BCUT2D eigenvalue weighted by Gasteiger charge is -2.24. The summed E-state index contributed by atoms with van der Waals surface area (Å²) in [5, 5.41) is 22.3. The van der Waals surface area contributed by atoms with Crippen LogP contribution in [0.4, 0.5) is 5.95 Å². The average molecular weight is 689 g/mol. The highest BCUT2D eigenvalue weighted by Crippen LogP contribution is 2.53. The number of H-pyrrole nitrogens is 2. The number of hydrogen-bond donors (Lipinski definition) is 7. The summed E-state index contributed by atoms with van der Waals surface area (Å²) in [7, 11) is -10.0. The first-order chi connectivity index (χ1) is 21.8. The Hall–Kier alpha value is -3.44. The van der Waals surface area contributed by atoms with Crippen LogP contribution in [0.15, 0.2) is 28.6 Å². The van der Waals surface area contributed by atoms with Crippen molar-refractivity contribution in [2.24, 2.45) is 0 Å². The fourth-order valence-electron chi connectivity index (χ4n) is 5.52. The molecule has 4 unspecified atom stereocenters. The van der Waals surface area contributed by atoms with Crippen LogP contribution < -0.4 is 16.9 Å². The van der Waals surface area contributed by atoms with Gasteiger partial charge in [-0.2, -0.15) is 4.98 Å². The van der Waals surface area contributed by atoms with Gasteiger partial charge in [0.15, 0.2) is 34.8 Å². The third-order valence-electron chi connectivity index (χ3n) is 7.55. The maximum Gasteiger partial charge on any atom is 0.472 e. The number of ether oxygens (including phenoxy) is 2. The largest absolute Gasteiger partial charge is 0.472 e. The average Bonchev–Trinajstić information content (AvgIpc) is 3.74. The van der Waals surface area contributed by atoms with Crippen LogP contribution >= 0.6 is 15.6 Å². The summed E-state index contributed by atoms with van der Waals surface area (Å²) in [5.41, 5.74) is 4.07. The van der Waals surface area contributed by atoms with Gasteiger partial charge in [-0.15, -0.1) is 0 Å². The third kappa shape index (κ3) is 5.49. The van der Waals surface area contributed by atoms with Crippen molar-refractivity contribution in [3.05, 3.63) is 39.7 Å². The van der Waals surface area contributed by atoms with E-state index in [0.29, 0.717) is 0 Å². The van der Waals surface area contributed by atoms with Crippen molar-refractivity contribution < 1.29 is 56.7 Å². The third-order valence-corrected chi connectivity index (χ3v) is 9.56. The van der Waals surface area contributed by atoms with Crippen molar-refractivity contribution in [2.45, 2.75) is 55.5 Å². The Labute approximate surface area is 254 Å². The molecule has 7 heterocycles. The van der Waals surface area contributed by atoms with Crippen molar-refractivity contribution in [3.8, 4) is 0 Å². The molecule has 46 heavy (non-hydrogen) atoms. The van der Waals surface area contributed by atoms with Gasteiger partial charge in [0.25, 0.3) is 11.1 Å². The molecule has 4 aromatic heterocycles. The Bertz CT molecular complexity index is 2010. The lowest BCUT2D eigenvalue weighted by molar-refractivity contribution is -0.0548. The normalized spacial score (nSPS) is 37.4. The lowest BCUT2D eigenvalue weighted by atomic mass is 10.1. The van der Waals surface area contributed by atoms with E-state index in [1.54, 1.807) is 0 Å². The maximum absolute atomic E-state index is 13.1. The van der Waals surface area contributed by atoms with Crippen molar-refractivity contribution in [1.82, 2.24) is 39.0 Å². The number of rotatable bonds is 2. The maximum atomic E-state index is 13.1. The number of hydrogen-bond acceptors (Lipinski definition) is 17. The summed E-state index contributed by atoms with van der Waals surface area (Å²) in [6.07, 6.45) is -9.17. The van der Waals surface area contributed by atoms with Gasteiger partial charge in [0.2, 0.25) is 5.95 Å². The molecule has 8 N–H and O–H groups in total. The summed E-state index contributed by atoms with van der Waals surface area (Å²) >= 11 is 0. The van der Waals surface area contributed by atoms with Crippen LogP contribution in [0.2, 0.25) is 0 Å². The molecule has 0 aliphatic carbocycles. The SMILES string of the molecule is Nc1nc2c(ncn2[C@@H]2O[C@H]3COP(=O)(O)OC4[C@@H](CCOP(=O)(O)OC3[C@@H]2O)O[C@@H](n2cnc3c(=O)[nH]cnc32)[C@H]4O)c(=O)[nH]1. The Balaban J connectivity index is 1.17. The summed E-state index contributed by atoms with van der Waals surface area (Å²) in [6.45, 7) is -1.42. The molecule has 0 spiro atoms. The van der Waals surface area contributed by atoms with Crippen LogP contribution in [0.5, 0.6) is 0 Å². The number of aliphatic hydroxyl groups excluding tert-OH is 2. The van der Waals surface area contributed by atoms with E-state index >= 15 is 0 Å². The van der Waals surface area contributed by atoms with Gasteiger partial charge in [0, 0.05) is 6.42 Å². The standard InChI is InChI=1S/C21H25N9O14P2/c22-21-27-16-10(18(34)28-21)26-6-30(16)20-12(32)14-8(42-20)3-40-46(37,38)43-13-7(1-2-39-45(35,36)44-14)41-19(11(13)31)29-5-25-9-15(29)23-4-24-17(9)33/h4-8,11-14,19-20,31-32H,1-3H2,(H,35,36)(H,37,38)(H,23,24,33)(H3,22,27,28,34)/t7-,8+,11+,12+,13?,14?,19-,20-/m1/s1. The number of phosphoric ester groups is 2. The van der Waals surface area contributed by atoms with E-state index in [0.717, 1.165) is 17.2 Å². The first-order valence-electron chi connectivity index (χ1n) is 13.4. The molecule has 0 amide bonds. The van der Waals surface area contributed by atoms with Crippen LogP contribution in [0.3, 0.4) is 0 Å². The van der Waals surface area contributed by atoms with Gasteiger partial charge in [-0.3, -0.25) is 41.8 Å². The van der Waals surface area contributed by atoms with Crippen molar-refractivity contribution in [3.63, 3.8) is 0 Å². The second-order valence-electron chi connectivity index (χ2n) is 10.4. The highest BCUT2D eigenvalue weighted by atomic mass is 31.2. The highest BCUT2D eigenvalue weighted by molar-refractivity contribution is 7.47. The molecule has 3 aliphatic heterocycles. The first-order valence-corrected chi connectivity index (χ1v) is 16.4. The Kier molecular flexibility index (Phi) is 7.70. The summed E-state index contributed by atoms with van der Waals surface area (Å²) in [5.74, 6) is -0.273. The lowest BCUT2D eigenvalue weighted by Crippen LogP contribution is -2.36. The number of aliphatic hydroxyl groups is 2. The number of phosphoric acid groups is 2. The first kappa shape index (κ1) is 31.2. The number of fused-ring (bicyclic) bond motifs is 4. The minimum atomic E-state index is -5.07. The number of aromatic amines is 2. The van der Waals surface area contributed by atoms with Gasteiger partial charge < -0.3 is 40.2 Å². The zero-order valence-corrected chi connectivity index (χ0v) is 24.8. The topological polar surface area (TPSA) is 324 Å². The molecule has 0 bridgehead atoms. The minimum absolute atomic E-state index is 0.0280. The van der Waals surface area contributed by atoms with E-state index in [4.69, 9.17) is 33.3 Å². The van der Waals surface area contributed by atoms with Gasteiger partial charge >= 0.3 is 15.6 Å². The molecule has 23 nitrogen and oxygen atoms in total. The number of imidazole rings is 2.